The molecule has 7 nitrogen and oxygen atoms in total. The Hall–Kier alpha value is -1.72. The van der Waals surface area contributed by atoms with Gasteiger partial charge in [0.1, 0.15) is 6.61 Å². The molecule has 174 valence electrons. The standard InChI is InChI=1S/C18H27N3O2S.C2HF3O2/c1-13-18(5-7-20(8-6-18)9-15-3-4-15)23-11-17(22)21(13)10-16-12-24-14(2)19-16;3-2(4,5)1(6)7/h12-13,15H,3-11H2,1-2H3;(H,6,7). The minimum absolute atomic E-state index is 0.0965. The lowest BCUT2D eigenvalue weighted by Crippen LogP contribution is -2.63. The monoisotopic (exact) mass is 463 g/mol. The molecule has 1 aromatic rings. The molecule has 3 fully saturated rings. The van der Waals surface area contributed by atoms with E-state index < -0.39 is 12.1 Å². The highest BCUT2D eigenvalue weighted by Crippen LogP contribution is 2.38. The number of aliphatic carboxylic acids is 1. The van der Waals surface area contributed by atoms with Crippen molar-refractivity contribution in [2.24, 2.45) is 5.92 Å². The van der Waals surface area contributed by atoms with Crippen molar-refractivity contribution in [2.75, 3.05) is 26.2 Å². The number of amides is 1. The number of morpholine rings is 1. The second-order valence-corrected chi connectivity index (χ2v) is 9.52. The molecule has 3 heterocycles. The number of carbonyl (C=O) groups is 2. The summed E-state index contributed by atoms with van der Waals surface area (Å²) >= 11 is 1.65. The maximum Gasteiger partial charge on any atom is 0.490 e. The van der Waals surface area contributed by atoms with Gasteiger partial charge in [0.25, 0.3) is 0 Å². The Kier molecular flexibility index (Phi) is 7.27. The fraction of sp³-hybridized carbons (Fsp3) is 0.750. The van der Waals surface area contributed by atoms with Gasteiger partial charge in [-0.05, 0) is 45.4 Å². The van der Waals surface area contributed by atoms with Crippen molar-refractivity contribution >= 4 is 23.2 Å². The molecule has 1 amide bonds. The van der Waals surface area contributed by atoms with Gasteiger partial charge >= 0.3 is 12.1 Å². The number of carboxylic acids is 1. The molecule has 4 rings (SSSR count). The second-order valence-electron chi connectivity index (χ2n) is 8.46. The number of thiazole rings is 1. The topological polar surface area (TPSA) is 83.0 Å². The van der Waals surface area contributed by atoms with E-state index >= 15 is 0 Å². The highest BCUT2D eigenvalue weighted by molar-refractivity contribution is 7.09. The lowest BCUT2D eigenvalue weighted by atomic mass is 9.82. The molecule has 31 heavy (non-hydrogen) atoms. The van der Waals surface area contributed by atoms with Gasteiger partial charge in [-0.25, -0.2) is 9.78 Å². The Morgan fingerprint density at radius 2 is 1.97 bits per heavy atom. The molecule has 2 aliphatic heterocycles. The van der Waals surface area contributed by atoms with Crippen LogP contribution in [0.3, 0.4) is 0 Å². The minimum Gasteiger partial charge on any atom is -0.475 e. The van der Waals surface area contributed by atoms with Crippen LogP contribution in [0.2, 0.25) is 0 Å². The van der Waals surface area contributed by atoms with Gasteiger partial charge in [-0.1, -0.05) is 0 Å². The average molecular weight is 464 g/mol. The van der Waals surface area contributed by atoms with Crippen LogP contribution >= 0.6 is 11.3 Å². The van der Waals surface area contributed by atoms with E-state index in [1.165, 1.54) is 19.4 Å². The predicted octanol–water partition coefficient (Wildman–Crippen LogP) is 3.08. The molecule has 1 atom stereocenters. The summed E-state index contributed by atoms with van der Waals surface area (Å²) in [5.74, 6) is -1.72. The molecular weight excluding hydrogens is 435 g/mol. The van der Waals surface area contributed by atoms with Crippen molar-refractivity contribution in [3.8, 4) is 0 Å². The molecular formula is C20H28F3N3O4S. The van der Waals surface area contributed by atoms with E-state index in [2.05, 4.69) is 22.2 Å². The highest BCUT2D eigenvalue weighted by atomic mass is 32.1. The fourth-order valence-electron chi connectivity index (χ4n) is 4.13. The van der Waals surface area contributed by atoms with Crippen LogP contribution in [0.5, 0.6) is 0 Å². The van der Waals surface area contributed by atoms with Crippen molar-refractivity contribution < 1.29 is 32.6 Å². The Morgan fingerprint density at radius 3 is 2.45 bits per heavy atom. The van der Waals surface area contributed by atoms with E-state index in [4.69, 9.17) is 14.6 Å². The minimum atomic E-state index is -5.08. The molecule has 1 unspecified atom stereocenters. The molecule has 1 saturated carbocycles. The van der Waals surface area contributed by atoms with Gasteiger partial charge in [0.2, 0.25) is 5.91 Å². The summed E-state index contributed by atoms with van der Waals surface area (Å²) in [5, 5.41) is 10.2. The molecule has 1 aliphatic carbocycles. The predicted molar refractivity (Wildman–Crippen MR) is 108 cm³/mol. The van der Waals surface area contributed by atoms with E-state index in [1.807, 2.05) is 11.8 Å². The number of piperidine rings is 1. The zero-order valence-corrected chi connectivity index (χ0v) is 18.5. The van der Waals surface area contributed by atoms with Crippen LogP contribution in [0.4, 0.5) is 13.2 Å². The summed E-state index contributed by atoms with van der Waals surface area (Å²) in [4.78, 5) is 30.4. The molecule has 11 heteroatoms. The van der Waals surface area contributed by atoms with Gasteiger partial charge in [0.05, 0.1) is 28.9 Å². The average Bonchev–Trinajstić information content (AvgIpc) is 3.42. The summed E-state index contributed by atoms with van der Waals surface area (Å²) in [5.41, 5.74) is 0.833. The van der Waals surface area contributed by atoms with Crippen molar-refractivity contribution in [3.05, 3.63) is 16.1 Å². The summed E-state index contributed by atoms with van der Waals surface area (Å²) in [7, 11) is 0. The fourth-order valence-corrected chi connectivity index (χ4v) is 4.74. The zero-order valence-electron chi connectivity index (χ0n) is 17.7. The van der Waals surface area contributed by atoms with Gasteiger partial charge in [0, 0.05) is 25.0 Å². The molecule has 0 aromatic carbocycles. The number of carbonyl (C=O) groups excluding carboxylic acids is 1. The maximum absolute atomic E-state index is 12.4. The maximum atomic E-state index is 12.4. The van der Waals surface area contributed by atoms with Gasteiger partial charge in [-0.15, -0.1) is 11.3 Å². The number of carboxylic acid groups (broad SMARTS) is 1. The van der Waals surface area contributed by atoms with Crippen LogP contribution in [-0.4, -0.2) is 75.8 Å². The van der Waals surface area contributed by atoms with Gasteiger partial charge in [0.15, 0.2) is 0 Å². The highest BCUT2D eigenvalue weighted by Gasteiger charge is 2.48. The number of likely N-dealkylation sites (tertiary alicyclic amines) is 1. The number of ether oxygens (including phenoxy) is 1. The molecule has 3 aliphatic rings. The lowest BCUT2D eigenvalue weighted by Gasteiger charge is -2.51. The Morgan fingerprint density at radius 1 is 1.35 bits per heavy atom. The van der Waals surface area contributed by atoms with Crippen LogP contribution in [0.15, 0.2) is 5.38 Å². The molecule has 1 spiro atoms. The molecule has 0 radical (unpaired) electrons. The Balaban J connectivity index is 0.000000339. The van der Waals surface area contributed by atoms with Crippen LogP contribution in [0, 0.1) is 12.8 Å². The first-order valence-corrected chi connectivity index (χ1v) is 11.2. The van der Waals surface area contributed by atoms with Gasteiger partial charge < -0.3 is 19.6 Å². The van der Waals surface area contributed by atoms with Crippen LogP contribution in [0.1, 0.15) is 43.3 Å². The third kappa shape index (κ3) is 6.17. The lowest BCUT2D eigenvalue weighted by molar-refractivity contribution is -0.192. The molecule has 2 saturated heterocycles. The van der Waals surface area contributed by atoms with Crippen molar-refractivity contribution in [2.45, 2.75) is 63.9 Å². The number of hydrogen-bond donors (Lipinski definition) is 1. The van der Waals surface area contributed by atoms with Crippen molar-refractivity contribution in [1.29, 1.82) is 0 Å². The quantitative estimate of drug-likeness (QED) is 0.739. The van der Waals surface area contributed by atoms with Crippen LogP contribution < -0.4 is 0 Å². The van der Waals surface area contributed by atoms with E-state index in [9.17, 15) is 18.0 Å². The van der Waals surface area contributed by atoms with Gasteiger partial charge in [-0.3, -0.25) is 4.79 Å². The Labute approximate surface area is 183 Å². The summed E-state index contributed by atoms with van der Waals surface area (Å²) in [6.07, 6.45) is -0.213. The van der Waals surface area contributed by atoms with Gasteiger partial charge in [-0.2, -0.15) is 13.2 Å². The van der Waals surface area contributed by atoms with Crippen LogP contribution in [0.25, 0.3) is 0 Å². The van der Waals surface area contributed by atoms with E-state index in [0.717, 1.165) is 42.6 Å². The second kappa shape index (κ2) is 9.41. The van der Waals surface area contributed by atoms with Crippen molar-refractivity contribution in [1.82, 2.24) is 14.8 Å². The van der Waals surface area contributed by atoms with E-state index in [0.29, 0.717) is 6.54 Å². The van der Waals surface area contributed by atoms with Crippen LogP contribution in [-0.2, 0) is 20.9 Å². The molecule has 1 aromatic heterocycles. The smallest absolute Gasteiger partial charge is 0.475 e. The third-order valence-corrected chi connectivity index (χ3v) is 7.01. The summed E-state index contributed by atoms with van der Waals surface area (Å²) < 4.78 is 37.9. The number of alkyl halides is 3. The largest absolute Gasteiger partial charge is 0.490 e. The van der Waals surface area contributed by atoms with E-state index in [-0.39, 0.29) is 24.2 Å². The number of aromatic nitrogens is 1. The number of rotatable bonds is 4. The summed E-state index contributed by atoms with van der Waals surface area (Å²) in [6, 6.07) is 0.115. The first kappa shape index (κ1) is 23.9. The Bertz CT molecular complexity index is 789. The van der Waals surface area contributed by atoms with E-state index in [1.54, 1.807) is 11.3 Å². The molecule has 1 N–H and O–H groups in total. The van der Waals surface area contributed by atoms with Crippen molar-refractivity contribution in [3.63, 3.8) is 0 Å². The first-order chi connectivity index (χ1) is 14.5. The third-order valence-electron chi connectivity index (χ3n) is 6.19. The SMILES string of the molecule is Cc1nc(CN2C(=O)COC3(CCN(CC4CC4)CC3)C2C)cs1.O=C(O)C(F)(F)F. The zero-order chi connectivity index (χ0) is 22.8. The summed E-state index contributed by atoms with van der Waals surface area (Å²) in [6.45, 7) is 8.45. The number of aryl methyl sites for hydroxylation is 1. The number of nitrogens with zero attached hydrogens (tertiary/aromatic N) is 3. The molecule has 0 bridgehead atoms. The number of hydrogen-bond acceptors (Lipinski definition) is 6. The first-order valence-electron chi connectivity index (χ1n) is 10.4. The normalized spacial score (nSPS) is 24.1. The number of halogens is 3.